The summed E-state index contributed by atoms with van der Waals surface area (Å²) in [6.45, 7) is 4.17. The molecule has 0 saturated heterocycles. The van der Waals surface area contributed by atoms with Crippen molar-refractivity contribution in [1.29, 1.82) is 0 Å². The third-order valence-electron chi connectivity index (χ3n) is 5.16. The molecule has 0 unspecified atom stereocenters. The molecule has 0 saturated carbocycles. The van der Waals surface area contributed by atoms with Gasteiger partial charge in [0.05, 0.1) is 11.4 Å². The molecule has 0 aliphatic carbocycles. The Kier molecular flexibility index (Phi) is 6.13. The van der Waals surface area contributed by atoms with Crippen LogP contribution in [0.2, 0.25) is 0 Å². The summed E-state index contributed by atoms with van der Waals surface area (Å²) in [4.78, 5) is 18.5. The number of pyridine rings is 1. The quantitative estimate of drug-likeness (QED) is 0.416. The van der Waals surface area contributed by atoms with Gasteiger partial charge in [-0.2, -0.15) is 0 Å². The monoisotopic (exact) mass is 429 g/mol. The molecule has 2 heterocycles. The van der Waals surface area contributed by atoms with E-state index in [9.17, 15) is 4.79 Å². The highest BCUT2D eigenvalue weighted by molar-refractivity contribution is 7.99. The Labute approximate surface area is 186 Å². The molecule has 4 rings (SSSR count). The summed E-state index contributed by atoms with van der Waals surface area (Å²) in [5, 5.41) is 9.52. The molecule has 0 fully saturated rings. The van der Waals surface area contributed by atoms with Crippen LogP contribution in [0, 0.1) is 13.8 Å². The number of hydrogen-bond donors (Lipinski definition) is 0. The maximum absolute atomic E-state index is 12.8. The molecule has 2 aromatic carbocycles. The van der Waals surface area contributed by atoms with E-state index in [4.69, 9.17) is 0 Å². The maximum atomic E-state index is 12.8. The second-order valence-corrected chi connectivity index (χ2v) is 8.17. The van der Waals surface area contributed by atoms with Crippen molar-refractivity contribution in [2.75, 3.05) is 17.7 Å². The Morgan fingerprint density at radius 1 is 0.968 bits per heavy atom. The number of amides is 1. The van der Waals surface area contributed by atoms with Crippen LogP contribution in [-0.4, -0.2) is 38.5 Å². The standard InChI is InChI=1S/C24H23N5OS/c1-17-9-10-21(15-18(17)2)29-23(19-11-13-25-14-12-19)26-27-24(29)31-16-22(30)28(3)20-7-5-4-6-8-20/h4-15H,16H2,1-3H3. The Morgan fingerprint density at radius 3 is 2.42 bits per heavy atom. The summed E-state index contributed by atoms with van der Waals surface area (Å²) in [5.74, 6) is 0.971. The third-order valence-corrected chi connectivity index (χ3v) is 6.08. The molecule has 0 aliphatic heterocycles. The van der Waals surface area contributed by atoms with Crippen LogP contribution in [0.15, 0.2) is 78.2 Å². The first-order chi connectivity index (χ1) is 15.0. The van der Waals surface area contributed by atoms with Crippen LogP contribution in [0.4, 0.5) is 5.69 Å². The lowest BCUT2D eigenvalue weighted by Gasteiger charge is -2.17. The third kappa shape index (κ3) is 4.51. The first kappa shape index (κ1) is 20.8. The largest absolute Gasteiger partial charge is 0.315 e. The Hall–Kier alpha value is -3.45. The van der Waals surface area contributed by atoms with Gasteiger partial charge in [-0.1, -0.05) is 36.0 Å². The number of aromatic nitrogens is 4. The average molecular weight is 430 g/mol. The van der Waals surface area contributed by atoms with Crippen LogP contribution in [0.1, 0.15) is 11.1 Å². The summed E-state index contributed by atoms with van der Waals surface area (Å²) in [7, 11) is 1.79. The maximum Gasteiger partial charge on any atom is 0.237 e. The van der Waals surface area contributed by atoms with Crippen molar-refractivity contribution in [3.63, 3.8) is 0 Å². The van der Waals surface area contributed by atoms with E-state index in [0.717, 1.165) is 22.8 Å². The van der Waals surface area contributed by atoms with Crippen molar-refractivity contribution in [3.05, 3.63) is 84.2 Å². The molecule has 4 aromatic rings. The minimum atomic E-state index is -0.00343. The summed E-state index contributed by atoms with van der Waals surface area (Å²) >= 11 is 1.38. The lowest BCUT2D eigenvalue weighted by Crippen LogP contribution is -2.27. The molecule has 6 nitrogen and oxygen atoms in total. The Balaban J connectivity index is 1.65. The van der Waals surface area contributed by atoms with E-state index < -0.39 is 0 Å². The molecule has 0 spiro atoms. The van der Waals surface area contributed by atoms with Crippen molar-refractivity contribution in [1.82, 2.24) is 19.7 Å². The number of anilines is 1. The predicted molar refractivity (Wildman–Crippen MR) is 125 cm³/mol. The van der Waals surface area contributed by atoms with E-state index in [1.165, 1.54) is 22.9 Å². The molecule has 0 atom stereocenters. The van der Waals surface area contributed by atoms with Gasteiger partial charge in [-0.25, -0.2) is 0 Å². The van der Waals surface area contributed by atoms with Crippen LogP contribution in [0.5, 0.6) is 0 Å². The van der Waals surface area contributed by atoms with Crippen molar-refractivity contribution < 1.29 is 4.79 Å². The van der Waals surface area contributed by atoms with Gasteiger partial charge in [-0.15, -0.1) is 10.2 Å². The van der Waals surface area contributed by atoms with Crippen LogP contribution >= 0.6 is 11.8 Å². The molecule has 2 aromatic heterocycles. The number of thioether (sulfide) groups is 1. The number of carbonyl (C=O) groups excluding carboxylic acids is 1. The van der Waals surface area contributed by atoms with E-state index in [1.807, 2.05) is 47.0 Å². The zero-order chi connectivity index (χ0) is 21.8. The molecule has 1 amide bonds. The highest BCUT2D eigenvalue weighted by Crippen LogP contribution is 2.29. The van der Waals surface area contributed by atoms with Gasteiger partial charge in [-0.3, -0.25) is 14.3 Å². The van der Waals surface area contributed by atoms with E-state index in [-0.39, 0.29) is 11.7 Å². The van der Waals surface area contributed by atoms with Gasteiger partial charge in [0.1, 0.15) is 0 Å². The topological polar surface area (TPSA) is 63.9 Å². The van der Waals surface area contributed by atoms with Crippen molar-refractivity contribution in [2.24, 2.45) is 0 Å². The van der Waals surface area contributed by atoms with Crippen molar-refractivity contribution >= 4 is 23.4 Å². The van der Waals surface area contributed by atoms with Gasteiger partial charge in [0.15, 0.2) is 11.0 Å². The molecule has 31 heavy (non-hydrogen) atoms. The smallest absolute Gasteiger partial charge is 0.237 e. The SMILES string of the molecule is Cc1ccc(-n2c(SCC(=O)N(C)c3ccccc3)nnc2-c2ccncc2)cc1C. The summed E-state index contributed by atoms with van der Waals surface area (Å²) in [5.41, 5.74) is 5.15. The van der Waals surface area contributed by atoms with Gasteiger partial charge in [-0.05, 0) is 61.4 Å². The van der Waals surface area contributed by atoms with E-state index in [1.54, 1.807) is 24.3 Å². The van der Waals surface area contributed by atoms with E-state index in [0.29, 0.717) is 5.16 Å². The number of rotatable bonds is 6. The molecule has 0 aliphatic rings. The number of nitrogens with zero attached hydrogens (tertiary/aromatic N) is 5. The summed E-state index contributed by atoms with van der Waals surface area (Å²) in [6.07, 6.45) is 3.47. The fourth-order valence-electron chi connectivity index (χ4n) is 3.17. The highest BCUT2D eigenvalue weighted by atomic mass is 32.2. The lowest BCUT2D eigenvalue weighted by atomic mass is 10.1. The molecule has 0 radical (unpaired) electrons. The highest BCUT2D eigenvalue weighted by Gasteiger charge is 2.19. The zero-order valence-corrected chi connectivity index (χ0v) is 18.5. The minimum Gasteiger partial charge on any atom is -0.315 e. The van der Waals surface area contributed by atoms with E-state index >= 15 is 0 Å². The number of para-hydroxylation sites is 1. The van der Waals surface area contributed by atoms with Gasteiger partial charge < -0.3 is 4.90 Å². The lowest BCUT2D eigenvalue weighted by molar-refractivity contribution is -0.115. The van der Waals surface area contributed by atoms with Gasteiger partial charge >= 0.3 is 0 Å². The minimum absolute atomic E-state index is 0.00343. The molecular weight excluding hydrogens is 406 g/mol. The Bertz CT molecular complexity index is 1190. The fraction of sp³-hybridized carbons (Fsp3) is 0.167. The predicted octanol–water partition coefficient (Wildman–Crippen LogP) is 4.70. The fourth-order valence-corrected chi connectivity index (χ4v) is 4.03. The first-order valence-corrected chi connectivity index (χ1v) is 10.9. The van der Waals surface area contributed by atoms with Crippen LogP contribution in [0.3, 0.4) is 0 Å². The van der Waals surface area contributed by atoms with Gasteiger partial charge in [0, 0.05) is 30.7 Å². The normalized spacial score (nSPS) is 10.8. The number of aryl methyl sites for hydroxylation is 2. The van der Waals surface area contributed by atoms with Crippen LogP contribution < -0.4 is 4.90 Å². The number of carbonyl (C=O) groups is 1. The van der Waals surface area contributed by atoms with Crippen molar-refractivity contribution in [2.45, 2.75) is 19.0 Å². The van der Waals surface area contributed by atoms with Crippen LogP contribution in [0.25, 0.3) is 17.1 Å². The molecule has 0 bridgehead atoms. The van der Waals surface area contributed by atoms with Gasteiger partial charge in [0.2, 0.25) is 5.91 Å². The number of benzene rings is 2. The van der Waals surface area contributed by atoms with E-state index in [2.05, 4.69) is 47.2 Å². The second kappa shape index (κ2) is 9.14. The second-order valence-electron chi connectivity index (χ2n) is 7.22. The molecule has 156 valence electrons. The molecule has 7 heteroatoms. The summed E-state index contributed by atoms with van der Waals surface area (Å²) < 4.78 is 2.00. The van der Waals surface area contributed by atoms with Crippen molar-refractivity contribution in [3.8, 4) is 17.1 Å². The Morgan fingerprint density at radius 2 is 1.71 bits per heavy atom. The molecular formula is C24H23N5OS. The average Bonchev–Trinajstić information content (AvgIpc) is 3.24. The van der Waals surface area contributed by atoms with Crippen LogP contribution in [-0.2, 0) is 4.79 Å². The number of hydrogen-bond acceptors (Lipinski definition) is 5. The van der Waals surface area contributed by atoms with Gasteiger partial charge in [0.25, 0.3) is 0 Å². The molecule has 0 N–H and O–H groups in total. The summed E-state index contributed by atoms with van der Waals surface area (Å²) in [6, 6.07) is 19.7. The zero-order valence-electron chi connectivity index (χ0n) is 17.7. The first-order valence-electron chi connectivity index (χ1n) is 9.92.